The van der Waals surface area contributed by atoms with Crippen LogP contribution in [-0.4, -0.2) is 55.5 Å². The van der Waals surface area contributed by atoms with Crippen molar-refractivity contribution in [2.45, 2.75) is 19.8 Å². The topological polar surface area (TPSA) is 35.6 Å². The molecule has 0 aromatic heterocycles. The van der Waals surface area contributed by atoms with Crippen molar-refractivity contribution in [3.63, 3.8) is 0 Å². The maximum Gasteiger partial charge on any atom is 0.238 e. The van der Waals surface area contributed by atoms with Gasteiger partial charge in [0.2, 0.25) is 5.91 Å². The van der Waals surface area contributed by atoms with Crippen molar-refractivity contribution in [2.24, 2.45) is 0 Å². The van der Waals surface area contributed by atoms with Gasteiger partial charge in [-0.3, -0.25) is 9.69 Å². The van der Waals surface area contributed by atoms with Crippen molar-refractivity contribution in [3.05, 3.63) is 28.8 Å². The number of carbonyl (C=O) groups is 1. The van der Waals surface area contributed by atoms with Crippen molar-refractivity contribution in [1.82, 2.24) is 9.80 Å². The zero-order valence-electron chi connectivity index (χ0n) is 12.9. The number of aryl methyl sites for hydroxylation is 1. The molecule has 4 nitrogen and oxygen atoms in total. The van der Waals surface area contributed by atoms with Crippen LogP contribution in [0.5, 0.6) is 0 Å². The fourth-order valence-electron chi connectivity index (χ4n) is 2.58. The smallest absolute Gasteiger partial charge is 0.238 e. The van der Waals surface area contributed by atoms with Crippen molar-refractivity contribution >= 4 is 23.2 Å². The molecule has 1 aromatic rings. The van der Waals surface area contributed by atoms with Crippen LogP contribution in [0.15, 0.2) is 18.2 Å². The molecule has 0 radical (unpaired) electrons. The third kappa shape index (κ3) is 4.99. The molecule has 1 aliphatic heterocycles. The van der Waals surface area contributed by atoms with Crippen LogP contribution < -0.4 is 5.32 Å². The fourth-order valence-corrected chi connectivity index (χ4v) is 2.75. The number of likely N-dealkylation sites (N-methyl/N-ethyl adjacent to an activating group) is 1. The lowest BCUT2D eigenvalue weighted by Gasteiger charge is -2.21. The summed E-state index contributed by atoms with van der Waals surface area (Å²) in [6, 6.07) is 5.66. The van der Waals surface area contributed by atoms with Crippen LogP contribution in [0.2, 0.25) is 5.02 Å². The summed E-state index contributed by atoms with van der Waals surface area (Å²) in [5, 5.41) is 3.50. The van der Waals surface area contributed by atoms with Crippen LogP contribution in [0.4, 0.5) is 5.69 Å². The monoisotopic (exact) mass is 309 g/mol. The first-order chi connectivity index (χ1) is 10.1. The number of likely N-dealkylation sites (tertiary alicyclic amines) is 1. The van der Waals surface area contributed by atoms with E-state index in [-0.39, 0.29) is 5.91 Å². The van der Waals surface area contributed by atoms with Gasteiger partial charge in [-0.25, -0.2) is 0 Å². The molecule has 1 heterocycles. The Balaban J connectivity index is 1.76. The largest absolute Gasteiger partial charge is 0.324 e. The zero-order chi connectivity index (χ0) is 15.2. The molecule has 5 heteroatoms. The molecule has 0 saturated carbocycles. The van der Waals surface area contributed by atoms with Gasteiger partial charge in [-0.2, -0.15) is 0 Å². The molecule has 0 spiro atoms. The predicted molar refractivity (Wildman–Crippen MR) is 88.0 cm³/mol. The minimum Gasteiger partial charge on any atom is -0.324 e. The van der Waals surface area contributed by atoms with E-state index in [1.54, 1.807) is 0 Å². The molecular formula is C16H24ClN3O. The van der Waals surface area contributed by atoms with Crippen LogP contribution in [-0.2, 0) is 4.79 Å². The Morgan fingerprint density at radius 2 is 2.10 bits per heavy atom. The van der Waals surface area contributed by atoms with E-state index in [1.807, 2.05) is 32.2 Å². The van der Waals surface area contributed by atoms with Gasteiger partial charge in [-0.1, -0.05) is 23.7 Å². The SMILES string of the molecule is Cc1cccc(NC(=O)CN(C)CCN2CCCC2)c1Cl. The lowest BCUT2D eigenvalue weighted by Crippen LogP contribution is -2.36. The molecule has 1 aromatic carbocycles. The first kappa shape index (κ1) is 16.3. The maximum absolute atomic E-state index is 12.1. The van der Waals surface area contributed by atoms with Crippen molar-refractivity contribution in [1.29, 1.82) is 0 Å². The summed E-state index contributed by atoms with van der Waals surface area (Å²) in [4.78, 5) is 16.6. The molecule has 1 aliphatic rings. The third-order valence-electron chi connectivity index (χ3n) is 3.88. The summed E-state index contributed by atoms with van der Waals surface area (Å²) in [6.07, 6.45) is 2.60. The highest BCUT2D eigenvalue weighted by Gasteiger charge is 2.13. The molecule has 1 amide bonds. The van der Waals surface area contributed by atoms with E-state index in [1.165, 1.54) is 25.9 Å². The standard InChI is InChI=1S/C16H24ClN3O/c1-13-6-5-7-14(16(13)17)18-15(21)12-19(2)10-11-20-8-3-4-9-20/h5-7H,3-4,8-12H2,1-2H3,(H,18,21). The molecular weight excluding hydrogens is 286 g/mol. The normalized spacial score (nSPS) is 15.6. The Hall–Kier alpha value is -1.10. The van der Waals surface area contributed by atoms with Gasteiger partial charge >= 0.3 is 0 Å². The number of nitrogens with one attached hydrogen (secondary N) is 1. The molecule has 1 saturated heterocycles. The molecule has 0 unspecified atom stereocenters. The van der Waals surface area contributed by atoms with Crippen LogP contribution >= 0.6 is 11.6 Å². The second-order valence-corrected chi connectivity index (χ2v) is 6.15. The number of carbonyl (C=O) groups excluding carboxylic acids is 1. The fraction of sp³-hybridized carbons (Fsp3) is 0.562. The third-order valence-corrected chi connectivity index (χ3v) is 4.38. The number of halogens is 1. The first-order valence-electron chi connectivity index (χ1n) is 7.52. The highest BCUT2D eigenvalue weighted by Crippen LogP contribution is 2.24. The Morgan fingerprint density at radius 3 is 2.81 bits per heavy atom. The number of amides is 1. The Morgan fingerprint density at radius 1 is 1.38 bits per heavy atom. The van der Waals surface area contributed by atoms with Crippen molar-refractivity contribution < 1.29 is 4.79 Å². The van der Waals surface area contributed by atoms with Crippen LogP contribution in [0.1, 0.15) is 18.4 Å². The van der Waals surface area contributed by atoms with Gasteiger partial charge in [-0.05, 0) is 51.5 Å². The van der Waals surface area contributed by atoms with Gasteiger partial charge in [0.15, 0.2) is 0 Å². The van der Waals surface area contributed by atoms with E-state index >= 15 is 0 Å². The van der Waals surface area contributed by atoms with E-state index in [0.717, 1.165) is 18.7 Å². The van der Waals surface area contributed by atoms with Crippen LogP contribution in [0.25, 0.3) is 0 Å². The zero-order valence-corrected chi connectivity index (χ0v) is 13.6. The van der Waals surface area contributed by atoms with Crippen LogP contribution in [0.3, 0.4) is 0 Å². The summed E-state index contributed by atoms with van der Waals surface area (Å²) in [6.45, 7) is 6.65. The minimum absolute atomic E-state index is 0.0218. The average Bonchev–Trinajstić information content (AvgIpc) is 2.95. The number of benzene rings is 1. The number of nitrogens with zero attached hydrogens (tertiary/aromatic N) is 2. The van der Waals surface area contributed by atoms with Crippen molar-refractivity contribution in [3.8, 4) is 0 Å². The summed E-state index contributed by atoms with van der Waals surface area (Å²) < 4.78 is 0. The summed E-state index contributed by atoms with van der Waals surface area (Å²) in [7, 11) is 1.98. The van der Waals surface area contributed by atoms with E-state index in [4.69, 9.17) is 11.6 Å². The van der Waals surface area contributed by atoms with E-state index < -0.39 is 0 Å². The molecule has 116 valence electrons. The highest BCUT2D eigenvalue weighted by atomic mass is 35.5. The number of rotatable bonds is 6. The van der Waals surface area contributed by atoms with E-state index in [9.17, 15) is 4.79 Å². The van der Waals surface area contributed by atoms with Gasteiger partial charge < -0.3 is 10.2 Å². The molecule has 2 rings (SSSR count). The highest BCUT2D eigenvalue weighted by molar-refractivity contribution is 6.34. The molecule has 0 bridgehead atoms. The van der Waals surface area contributed by atoms with Gasteiger partial charge in [0.05, 0.1) is 17.3 Å². The summed E-state index contributed by atoms with van der Waals surface area (Å²) in [5.41, 5.74) is 1.66. The van der Waals surface area contributed by atoms with Gasteiger partial charge in [0.1, 0.15) is 0 Å². The van der Waals surface area contributed by atoms with Gasteiger partial charge in [0.25, 0.3) is 0 Å². The number of hydrogen-bond donors (Lipinski definition) is 1. The molecule has 0 aliphatic carbocycles. The second-order valence-electron chi connectivity index (χ2n) is 5.77. The van der Waals surface area contributed by atoms with Crippen LogP contribution in [0, 0.1) is 6.92 Å². The molecule has 21 heavy (non-hydrogen) atoms. The average molecular weight is 310 g/mol. The maximum atomic E-state index is 12.1. The minimum atomic E-state index is -0.0218. The lowest BCUT2D eigenvalue weighted by atomic mass is 10.2. The molecule has 0 atom stereocenters. The van der Waals surface area contributed by atoms with E-state index in [0.29, 0.717) is 17.3 Å². The Labute approximate surface area is 132 Å². The Bertz CT molecular complexity index is 486. The summed E-state index contributed by atoms with van der Waals surface area (Å²) in [5.74, 6) is -0.0218. The van der Waals surface area contributed by atoms with E-state index in [2.05, 4.69) is 15.1 Å². The number of hydrogen-bond acceptors (Lipinski definition) is 3. The quantitative estimate of drug-likeness (QED) is 0.877. The molecule has 1 fully saturated rings. The van der Waals surface area contributed by atoms with Crippen molar-refractivity contribution in [2.75, 3.05) is 45.1 Å². The number of anilines is 1. The predicted octanol–water partition coefficient (Wildman–Crippen LogP) is 2.61. The summed E-state index contributed by atoms with van der Waals surface area (Å²) >= 11 is 6.19. The first-order valence-corrected chi connectivity index (χ1v) is 7.90. The lowest BCUT2D eigenvalue weighted by molar-refractivity contribution is -0.117. The Kier molecular flexibility index (Phi) is 6.03. The molecule has 1 N–H and O–H groups in total. The van der Waals surface area contributed by atoms with Gasteiger partial charge in [0, 0.05) is 13.1 Å². The second kappa shape index (κ2) is 7.78. The van der Waals surface area contributed by atoms with Gasteiger partial charge in [-0.15, -0.1) is 0 Å².